The highest BCUT2D eigenvalue weighted by Crippen LogP contribution is 2.37. The fourth-order valence-corrected chi connectivity index (χ4v) is 4.42. The van der Waals surface area contributed by atoms with Gasteiger partial charge in [-0.15, -0.1) is 5.10 Å². The normalized spacial score (nSPS) is 24.3. The first-order valence-electron chi connectivity index (χ1n) is 10.9. The molecule has 0 saturated heterocycles. The molecular formula is C23H35N3O3. The van der Waals surface area contributed by atoms with Gasteiger partial charge in [0, 0.05) is 23.9 Å². The number of nitrogens with zero attached hydrogens (tertiary/aromatic N) is 3. The lowest BCUT2D eigenvalue weighted by molar-refractivity contribution is -0.123. The highest BCUT2D eigenvalue weighted by Gasteiger charge is 2.34. The van der Waals surface area contributed by atoms with Gasteiger partial charge in [-0.2, -0.15) is 0 Å². The van der Waals surface area contributed by atoms with E-state index in [2.05, 4.69) is 31.9 Å². The number of allylic oxidation sites excluding steroid dienone is 2. The molecule has 0 aliphatic heterocycles. The molecule has 1 amide bonds. The molecule has 1 saturated carbocycles. The van der Waals surface area contributed by atoms with Crippen molar-refractivity contribution in [2.45, 2.75) is 85.6 Å². The molecule has 3 rings (SSSR count). The molecule has 0 spiro atoms. The summed E-state index contributed by atoms with van der Waals surface area (Å²) in [5.41, 5.74) is 1.37. The topological polar surface area (TPSA) is 75.4 Å². The van der Waals surface area contributed by atoms with E-state index < -0.39 is 5.97 Å². The van der Waals surface area contributed by atoms with Crippen LogP contribution in [0.4, 0.5) is 5.82 Å². The van der Waals surface area contributed by atoms with Crippen LogP contribution >= 0.6 is 0 Å². The number of rotatable bonds is 5. The van der Waals surface area contributed by atoms with Crippen LogP contribution in [0, 0.1) is 17.3 Å². The second-order valence-corrected chi connectivity index (χ2v) is 9.94. The predicted molar refractivity (Wildman–Crippen MR) is 115 cm³/mol. The molecule has 1 aromatic rings. The molecule has 0 aromatic carbocycles. The lowest BCUT2D eigenvalue weighted by Crippen LogP contribution is -2.43. The van der Waals surface area contributed by atoms with Crippen molar-refractivity contribution < 1.29 is 14.7 Å². The minimum atomic E-state index is -1.04. The molecule has 1 N–H and O–H groups in total. The summed E-state index contributed by atoms with van der Waals surface area (Å²) in [7, 11) is 0. The Morgan fingerprint density at radius 1 is 1.24 bits per heavy atom. The molecule has 0 atom stereocenters. The van der Waals surface area contributed by atoms with Crippen molar-refractivity contribution in [3.05, 3.63) is 17.8 Å². The fourth-order valence-electron chi connectivity index (χ4n) is 4.42. The van der Waals surface area contributed by atoms with E-state index in [1.807, 2.05) is 13.8 Å². The van der Waals surface area contributed by atoms with Crippen LogP contribution in [-0.4, -0.2) is 32.8 Å². The van der Waals surface area contributed by atoms with Crippen molar-refractivity contribution in [2.75, 3.05) is 4.90 Å². The average Bonchev–Trinajstić information content (AvgIpc) is 3.07. The Kier molecular flexibility index (Phi) is 6.20. The maximum Gasteiger partial charge on any atom is 0.341 e. The van der Waals surface area contributed by atoms with Crippen LogP contribution in [0.1, 0.15) is 89.9 Å². The van der Waals surface area contributed by atoms with E-state index in [1.165, 1.54) is 0 Å². The number of hydrogen-bond donors (Lipinski definition) is 1. The van der Waals surface area contributed by atoms with Crippen molar-refractivity contribution in [3.63, 3.8) is 0 Å². The van der Waals surface area contributed by atoms with Gasteiger partial charge < -0.3 is 5.11 Å². The summed E-state index contributed by atoms with van der Waals surface area (Å²) in [6.45, 7) is 10.6. The molecule has 2 aliphatic rings. The molecule has 0 radical (unpaired) electrons. The second kappa shape index (κ2) is 8.33. The summed E-state index contributed by atoms with van der Waals surface area (Å²) >= 11 is 0. The first-order valence-corrected chi connectivity index (χ1v) is 10.9. The molecule has 29 heavy (non-hydrogen) atoms. The van der Waals surface area contributed by atoms with Crippen LogP contribution in [0.15, 0.2) is 12.3 Å². The number of anilines is 1. The lowest BCUT2D eigenvalue weighted by Gasteiger charge is -2.32. The summed E-state index contributed by atoms with van der Waals surface area (Å²) in [6.07, 6.45) is 10.4. The first-order chi connectivity index (χ1) is 13.6. The third-order valence-corrected chi connectivity index (χ3v) is 6.51. The third-order valence-electron chi connectivity index (χ3n) is 6.51. The van der Waals surface area contributed by atoms with Gasteiger partial charge in [0.2, 0.25) is 5.91 Å². The monoisotopic (exact) mass is 401 g/mol. The highest BCUT2D eigenvalue weighted by atomic mass is 16.4. The first kappa shape index (κ1) is 21.6. The number of aromatic nitrogens is 2. The summed E-state index contributed by atoms with van der Waals surface area (Å²) in [5, 5.41) is 14.4. The maximum absolute atomic E-state index is 13.4. The van der Waals surface area contributed by atoms with Crippen LogP contribution in [0.25, 0.3) is 5.70 Å². The molecule has 0 bridgehead atoms. The van der Waals surface area contributed by atoms with Crippen molar-refractivity contribution >= 4 is 23.4 Å². The number of aromatic carboxylic acids is 1. The number of carbonyl (C=O) groups excluding carboxylic acids is 1. The van der Waals surface area contributed by atoms with E-state index in [1.54, 1.807) is 15.8 Å². The van der Waals surface area contributed by atoms with Gasteiger partial charge in [-0.25, -0.2) is 9.48 Å². The zero-order valence-corrected chi connectivity index (χ0v) is 18.4. The summed E-state index contributed by atoms with van der Waals surface area (Å²) in [6, 6.07) is -0.150. The summed E-state index contributed by atoms with van der Waals surface area (Å²) < 4.78 is 1.68. The Morgan fingerprint density at radius 3 is 2.41 bits per heavy atom. The van der Waals surface area contributed by atoms with E-state index in [9.17, 15) is 14.7 Å². The standard InChI is InChI=1S/C23H35N3O3/c1-15(2)26(21(27)17-8-6-16(3)7-9-17)20-19(22(28)29)14-25(24-20)18-10-12-23(4,5)13-11-18/h10,14-17H,6-9,11-13H2,1-5H3,(H,28,29). The van der Waals surface area contributed by atoms with Crippen molar-refractivity contribution in [1.82, 2.24) is 9.78 Å². The molecule has 1 aromatic heterocycles. The van der Waals surface area contributed by atoms with Crippen molar-refractivity contribution in [2.24, 2.45) is 17.3 Å². The Hall–Kier alpha value is -2.11. The van der Waals surface area contributed by atoms with E-state index in [0.717, 1.165) is 50.6 Å². The number of carbonyl (C=O) groups is 2. The van der Waals surface area contributed by atoms with E-state index in [0.29, 0.717) is 5.92 Å². The molecule has 1 fully saturated rings. The fraction of sp³-hybridized carbons (Fsp3) is 0.696. The SMILES string of the molecule is CC1CCC(C(=O)N(c2nn(C3=CCC(C)(C)CC3)cc2C(=O)O)C(C)C)CC1. The van der Waals surface area contributed by atoms with Gasteiger partial charge in [-0.1, -0.05) is 26.8 Å². The van der Waals surface area contributed by atoms with Gasteiger partial charge in [-0.3, -0.25) is 9.69 Å². The Balaban J connectivity index is 1.94. The summed E-state index contributed by atoms with van der Waals surface area (Å²) in [4.78, 5) is 27.0. The Bertz CT molecular complexity index is 798. The molecule has 6 heteroatoms. The molecular weight excluding hydrogens is 366 g/mol. The third kappa shape index (κ3) is 4.73. The molecule has 0 unspecified atom stereocenters. The van der Waals surface area contributed by atoms with E-state index in [-0.39, 0.29) is 34.7 Å². The Labute approximate surface area is 174 Å². The van der Waals surface area contributed by atoms with Crippen LogP contribution in [0.2, 0.25) is 0 Å². The summed E-state index contributed by atoms with van der Waals surface area (Å²) in [5.74, 6) is -0.142. The number of carboxylic acids is 1. The molecule has 6 nitrogen and oxygen atoms in total. The molecule has 160 valence electrons. The zero-order valence-electron chi connectivity index (χ0n) is 18.4. The van der Waals surface area contributed by atoms with Gasteiger partial charge in [0.05, 0.1) is 0 Å². The minimum absolute atomic E-state index is 0.0124. The zero-order chi connectivity index (χ0) is 21.3. The predicted octanol–water partition coefficient (Wildman–Crippen LogP) is 5.20. The van der Waals surface area contributed by atoms with Crippen LogP contribution in [0.3, 0.4) is 0 Å². The average molecular weight is 402 g/mol. The second-order valence-electron chi connectivity index (χ2n) is 9.94. The Morgan fingerprint density at radius 2 is 1.90 bits per heavy atom. The minimum Gasteiger partial charge on any atom is -0.477 e. The van der Waals surface area contributed by atoms with Crippen LogP contribution in [0.5, 0.6) is 0 Å². The van der Waals surface area contributed by atoms with Crippen LogP contribution < -0.4 is 4.90 Å². The largest absolute Gasteiger partial charge is 0.477 e. The number of hydrogen-bond acceptors (Lipinski definition) is 3. The highest BCUT2D eigenvalue weighted by molar-refractivity contribution is 6.01. The van der Waals surface area contributed by atoms with E-state index >= 15 is 0 Å². The number of amides is 1. The van der Waals surface area contributed by atoms with Crippen molar-refractivity contribution in [3.8, 4) is 0 Å². The number of carboxylic acid groups (broad SMARTS) is 1. The lowest BCUT2D eigenvalue weighted by atomic mass is 9.80. The van der Waals surface area contributed by atoms with Gasteiger partial charge >= 0.3 is 5.97 Å². The molecule has 2 aliphatic carbocycles. The van der Waals surface area contributed by atoms with Crippen molar-refractivity contribution in [1.29, 1.82) is 0 Å². The molecule has 1 heterocycles. The van der Waals surface area contributed by atoms with Gasteiger partial charge in [-0.05, 0) is 70.1 Å². The maximum atomic E-state index is 13.4. The quantitative estimate of drug-likeness (QED) is 0.736. The van der Waals surface area contributed by atoms with Gasteiger partial charge in [0.1, 0.15) is 5.56 Å². The van der Waals surface area contributed by atoms with E-state index in [4.69, 9.17) is 0 Å². The van der Waals surface area contributed by atoms with Crippen LogP contribution in [-0.2, 0) is 4.79 Å². The van der Waals surface area contributed by atoms with Gasteiger partial charge in [0.25, 0.3) is 0 Å². The van der Waals surface area contributed by atoms with Gasteiger partial charge in [0.15, 0.2) is 5.82 Å². The smallest absolute Gasteiger partial charge is 0.341 e.